The van der Waals surface area contributed by atoms with E-state index < -0.39 is 0 Å². The van der Waals surface area contributed by atoms with Crippen LogP contribution in [0.4, 0.5) is 0 Å². The Hall–Kier alpha value is -2.34. The summed E-state index contributed by atoms with van der Waals surface area (Å²) in [4.78, 5) is 30.6. The number of carbonyl (C=O) groups excluding carboxylic acids is 2. The zero-order valence-corrected chi connectivity index (χ0v) is 18.0. The number of aromatic amines is 1. The number of carbonyl (C=O) groups is 2. The molecule has 3 N–H and O–H groups in total. The molecular formula is C24H34N4O2. The average molecular weight is 411 g/mol. The van der Waals surface area contributed by atoms with Crippen LogP contribution in [-0.4, -0.2) is 53.4 Å². The summed E-state index contributed by atoms with van der Waals surface area (Å²) >= 11 is 0. The van der Waals surface area contributed by atoms with Crippen molar-refractivity contribution in [3.63, 3.8) is 0 Å². The Kier molecular flexibility index (Phi) is 6.72. The highest BCUT2D eigenvalue weighted by Crippen LogP contribution is 2.21. The number of fused-ring (bicyclic) bond motifs is 1. The largest absolute Gasteiger partial charge is 0.353 e. The molecule has 162 valence electrons. The van der Waals surface area contributed by atoms with E-state index in [2.05, 4.69) is 20.5 Å². The summed E-state index contributed by atoms with van der Waals surface area (Å²) in [6.45, 7) is 5.19. The van der Waals surface area contributed by atoms with Gasteiger partial charge in [-0.05, 0) is 70.2 Å². The van der Waals surface area contributed by atoms with Gasteiger partial charge in [0.15, 0.2) is 0 Å². The predicted molar refractivity (Wildman–Crippen MR) is 120 cm³/mol. The third-order valence-electron chi connectivity index (χ3n) is 6.64. The highest BCUT2D eigenvalue weighted by atomic mass is 16.2. The summed E-state index contributed by atoms with van der Waals surface area (Å²) < 4.78 is 0. The Balaban J connectivity index is 1.20. The van der Waals surface area contributed by atoms with Gasteiger partial charge >= 0.3 is 0 Å². The van der Waals surface area contributed by atoms with Gasteiger partial charge in [0.1, 0.15) is 5.69 Å². The number of piperidine rings is 1. The van der Waals surface area contributed by atoms with Crippen LogP contribution < -0.4 is 10.6 Å². The topological polar surface area (TPSA) is 77.2 Å². The lowest BCUT2D eigenvalue weighted by Crippen LogP contribution is -2.44. The Morgan fingerprint density at radius 1 is 1.03 bits per heavy atom. The van der Waals surface area contributed by atoms with Gasteiger partial charge in [0.25, 0.3) is 5.91 Å². The fourth-order valence-electron chi connectivity index (χ4n) is 4.82. The minimum Gasteiger partial charge on any atom is -0.353 e. The summed E-state index contributed by atoms with van der Waals surface area (Å²) in [5.74, 6) is 0.126. The van der Waals surface area contributed by atoms with Crippen LogP contribution in [0, 0.1) is 6.92 Å². The second-order valence-corrected chi connectivity index (χ2v) is 8.96. The zero-order chi connectivity index (χ0) is 20.9. The van der Waals surface area contributed by atoms with E-state index in [4.69, 9.17) is 0 Å². The van der Waals surface area contributed by atoms with Gasteiger partial charge in [-0.1, -0.05) is 24.6 Å². The van der Waals surface area contributed by atoms with Crippen LogP contribution in [-0.2, 0) is 4.79 Å². The van der Waals surface area contributed by atoms with Crippen LogP contribution >= 0.6 is 0 Å². The number of likely N-dealkylation sites (tertiary alicyclic amines) is 1. The fraction of sp³-hybridized carbons (Fsp3) is 0.583. The molecule has 1 aromatic carbocycles. The first-order chi connectivity index (χ1) is 14.6. The molecule has 30 heavy (non-hydrogen) atoms. The molecule has 0 radical (unpaired) electrons. The summed E-state index contributed by atoms with van der Waals surface area (Å²) in [5, 5.41) is 7.44. The maximum absolute atomic E-state index is 12.7. The number of para-hydroxylation sites is 1. The van der Waals surface area contributed by atoms with Crippen molar-refractivity contribution in [1.29, 1.82) is 0 Å². The van der Waals surface area contributed by atoms with Crippen LogP contribution in [0.1, 0.15) is 67.4 Å². The summed E-state index contributed by atoms with van der Waals surface area (Å²) in [6, 6.07) is 8.41. The van der Waals surface area contributed by atoms with E-state index in [1.165, 1.54) is 19.3 Å². The molecule has 4 rings (SSSR count). The van der Waals surface area contributed by atoms with Gasteiger partial charge in [0.2, 0.25) is 5.91 Å². The molecule has 6 nitrogen and oxygen atoms in total. The Morgan fingerprint density at radius 3 is 2.43 bits per heavy atom. The van der Waals surface area contributed by atoms with E-state index in [1.54, 1.807) is 0 Å². The normalized spacial score (nSPS) is 22.7. The molecule has 0 spiro atoms. The number of amides is 2. The van der Waals surface area contributed by atoms with Gasteiger partial charge in [-0.15, -0.1) is 0 Å². The van der Waals surface area contributed by atoms with Crippen LogP contribution in [0.3, 0.4) is 0 Å². The molecule has 1 saturated carbocycles. The second kappa shape index (κ2) is 9.65. The van der Waals surface area contributed by atoms with E-state index >= 15 is 0 Å². The monoisotopic (exact) mass is 410 g/mol. The average Bonchev–Trinajstić information content (AvgIpc) is 3.20. The quantitative estimate of drug-likeness (QED) is 0.682. The molecule has 1 aromatic heterocycles. The molecule has 2 amide bonds. The van der Waals surface area contributed by atoms with Crippen molar-refractivity contribution >= 4 is 22.7 Å². The van der Waals surface area contributed by atoms with Gasteiger partial charge in [-0.3, -0.25) is 9.59 Å². The summed E-state index contributed by atoms with van der Waals surface area (Å²) in [7, 11) is 0. The molecule has 1 saturated heterocycles. The number of H-pyrrole nitrogens is 1. The van der Waals surface area contributed by atoms with Crippen molar-refractivity contribution in [2.45, 2.75) is 70.4 Å². The van der Waals surface area contributed by atoms with E-state index in [9.17, 15) is 9.59 Å². The predicted octanol–water partition coefficient (Wildman–Crippen LogP) is 3.51. The highest BCUT2D eigenvalue weighted by Gasteiger charge is 2.24. The maximum atomic E-state index is 12.7. The van der Waals surface area contributed by atoms with Crippen LogP contribution in [0.5, 0.6) is 0 Å². The molecule has 2 aliphatic rings. The van der Waals surface area contributed by atoms with Gasteiger partial charge in [-0.2, -0.15) is 0 Å². The molecule has 6 heteroatoms. The SMILES string of the molecule is Cc1cccc2cc(C(=O)NC3CCC(NC(=O)CCN4CCCCC4)CC3)[nH]c12. The second-order valence-electron chi connectivity index (χ2n) is 8.96. The van der Waals surface area contributed by atoms with Gasteiger partial charge < -0.3 is 20.5 Å². The van der Waals surface area contributed by atoms with E-state index in [0.717, 1.165) is 61.8 Å². The van der Waals surface area contributed by atoms with Crippen molar-refractivity contribution in [1.82, 2.24) is 20.5 Å². The van der Waals surface area contributed by atoms with Crippen LogP contribution in [0.15, 0.2) is 24.3 Å². The van der Waals surface area contributed by atoms with Crippen molar-refractivity contribution in [3.05, 3.63) is 35.5 Å². The molecule has 0 atom stereocenters. The first kappa shape index (κ1) is 20.9. The van der Waals surface area contributed by atoms with Crippen LogP contribution in [0.25, 0.3) is 10.9 Å². The third kappa shape index (κ3) is 5.22. The van der Waals surface area contributed by atoms with E-state index in [-0.39, 0.29) is 23.9 Å². The van der Waals surface area contributed by atoms with Gasteiger partial charge in [-0.25, -0.2) is 0 Å². The summed E-state index contributed by atoms with van der Waals surface area (Å²) in [5.41, 5.74) is 2.79. The van der Waals surface area contributed by atoms with Crippen molar-refractivity contribution < 1.29 is 9.59 Å². The number of aryl methyl sites for hydroxylation is 1. The molecule has 0 unspecified atom stereocenters. The minimum absolute atomic E-state index is 0.0420. The lowest BCUT2D eigenvalue weighted by molar-refractivity contribution is -0.122. The van der Waals surface area contributed by atoms with E-state index in [0.29, 0.717) is 12.1 Å². The Labute approximate surface area is 178 Å². The third-order valence-corrected chi connectivity index (χ3v) is 6.64. The molecule has 1 aliphatic heterocycles. The van der Waals surface area contributed by atoms with Gasteiger partial charge in [0, 0.05) is 36.0 Å². The van der Waals surface area contributed by atoms with Crippen molar-refractivity contribution in [2.75, 3.05) is 19.6 Å². The number of nitrogens with one attached hydrogen (secondary N) is 3. The molecule has 2 aromatic rings. The summed E-state index contributed by atoms with van der Waals surface area (Å²) in [6.07, 6.45) is 8.09. The minimum atomic E-state index is -0.0420. The number of nitrogens with zero attached hydrogens (tertiary/aromatic N) is 1. The number of rotatable bonds is 6. The van der Waals surface area contributed by atoms with Crippen molar-refractivity contribution in [3.8, 4) is 0 Å². The zero-order valence-electron chi connectivity index (χ0n) is 18.0. The molecule has 1 aliphatic carbocycles. The standard InChI is InChI=1S/C24H34N4O2/c1-17-6-5-7-18-16-21(27-23(17)18)24(30)26-20-10-8-19(9-11-20)25-22(29)12-15-28-13-3-2-4-14-28/h5-7,16,19-20,27H,2-4,8-15H2,1H3,(H,25,29)(H,26,30). The lowest BCUT2D eigenvalue weighted by atomic mass is 9.91. The van der Waals surface area contributed by atoms with Crippen LogP contribution in [0.2, 0.25) is 0 Å². The molecular weight excluding hydrogens is 376 g/mol. The molecule has 2 fully saturated rings. The Bertz CT molecular complexity index is 876. The van der Waals surface area contributed by atoms with Gasteiger partial charge in [0.05, 0.1) is 0 Å². The highest BCUT2D eigenvalue weighted by molar-refractivity contribution is 5.98. The smallest absolute Gasteiger partial charge is 0.267 e. The number of hydrogen-bond donors (Lipinski definition) is 3. The number of hydrogen-bond acceptors (Lipinski definition) is 3. The molecule has 0 bridgehead atoms. The maximum Gasteiger partial charge on any atom is 0.267 e. The lowest BCUT2D eigenvalue weighted by Gasteiger charge is -2.30. The molecule has 2 heterocycles. The first-order valence-electron chi connectivity index (χ1n) is 11.5. The van der Waals surface area contributed by atoms with E-state index in [1.807, 2.05) is 31.2 Å². The first-order valence-corrected chi connectivity index (χ1v) is 11.5. The van der Waals surface area contributed by atoms with Crippen molar-refractivity contribution in [2.24, 2.45) is 0 Å². The fourth-order valence-corrected chi connectivity index (χ4v) is 4.82. The number of benzene rings is 1. The number of aromatic nitrogens is 1. The Morgan fingerprint density at radius 2 is 1.73 bits per heavy atom.